The maximum absolute atomic E-state index is 10.1. The summed E-state index contributed by atoms with van der Waals surface area (Å²) < 4.78 is 0.926. The van der Waals surface area contributed by atoms with Gasteiger partial charge in [0.25, 0.3) is 0 Å². The van der Waals surface area contributed by atoms with Crippen molar-refractivity contribution < 1.29 is 22.0 Å². The molecule has 3 heteroatoms. The average molecular weight is 266 g/mol. The van der Waals surface area contributed by atoms with Gasteiger partial charge >= 0.3 is 0 Å². The SMILES string of the molecule is CCCC[N+](CCCC)(CCCC)C(C)O.[Cl-]. The number of aliphatic hydroxyl groups excluding tert-OH is 1. The van der Waals surface area contributed by atoms with E-state index in [0.29, 0.717) is 0 Å². The summed E-state index contributed by atoms with van der Waals surface area (Å²) in [4.78, 5) is 0. The predicted octanol–water partition coefficient (Wildman–Crippen LogP) is 0.546. The summed E-state index contributed by atoms with van der Waals surface area (Å²) in [5.74, 6) is 0. The first-order valence-corrected chi connectivity index (χ1v) is 7.16. The highest BCUT2D eigenvalue weighted by Crippen LogP contribution is 2.18. The average Bonchev–Trinajstić information content (AvgIpc) is 2.28. The van der Waals surface area contributed by atoms with Crippen molar-refractivity contribution in [3.63, 3.8) is 0 Å². The molecular weight excluding hydrogens is 234 g/mol. The fourth-order valence-electron chi connectivity index (χ4n) is 2.31. The molecule has 0 fully saturated rings. The van der Waals surface area contributed by atoms with Gasteiger partial charge in [0.15, 0.2) is 6.23 Å². The van der Waals surface area contributed by atoms with Crippen LogP contribution in [0.15, 0.2) is 0 Å². The Morgan fingerprint density at radius 1 is 0.824 bits per heavy atom. The van der Waals surface area contributed by atoms with Crippen LogP contribution in [0, 0.1) is 0 Å². The maximum atomic E-state index is 10.1. The molecule has 0 aromatic carbocycles. The molecule has 0 spiro atoms. The molecule has 0 aromatic heterocycles. The summed E-state index contributed by atoms with van der Waals surface area (Å²) in [5, 5.41) is 10.1. The van der Waals surface area contributed by atoms with Crippen molar-refractivity contribution in [3.8, 4) is 0 Å². The molecule has 0 amide bonds. The van der Waals surface area contributed by atoms with Gasteiger partial charge in [-0.15, -0.1) is 0 Å². The van der Waals surface area contributed by atoms with Crippen molar-refractivity contribution in [2.45, 2.75) is 72.4 Å². The fraction of sp³-hybridized carbons (Fsp3) is 1.00. The number of hydrogen-bond acceptors (Lipinski definition) is 1. The summed E-state index contributed by atoms with van der Waals surface area (Å²) in [6.07, 6.45) is 7.18. The van der Waals surface area contributed by atoms with Gasteiger partial charge in [-0.3, -0.25) is 4.48 Å². The van der Waals surface area contributed by atoms with Crippen molar-refractivity contribution in [1.82, 2.24) is 0 Å². The number of hydrogen-bond donors (Lipinski definition) is 1. The zero-order chi connectivity index (χ0) is 12.4. The Morgan fingerprint density at radius 2 is 1.12 bits per heavy atom. The Kier molecular flexibility index (Phi) is 13.0. The molecule has 0 aliphatic rings. The van der Waals surface area contributed by atoms with E-state index in [4.69, 9.17) is 0 Å². The molecule has 0 heterocycles. The first kappa shape index (κ1) is 19.5. The number of nitrogens with zero attached hydrogens (tertiary/aromatic N) is 1. The monoisotopic (exact) mass is 265 g/mol. The molecule has 0 radical (unpaired) electrons. The van der Waals surface area contributed by atoms with Crippen molar-refractivity contribution in [1.29, 1.82) is 0 Å². The molecule has 1 atom stereocenters. The highest BCUT2D eigenvalue weighted by molar-refractivity contribution is 4.48. The van der Waals surface area contributed by atoms with Crippen molar-refractivity contribution in [2.24, 2.45) is 0 Å². The summed E-state index contributed by atoms with van der Waals surface area (Å²) in [7, 11) is 0. The second kappa shape index (κ2) is 11.3. The molecule has 0 aromatic rings. The van der Waals surface area contributed by atoms with Crippen LogP contribution in [0.4, 0.5) is 0 Å². The molecule has 2 nitrogen and oxygen atoms in total. The zero-order valence-electron chi connectivity index (χ0n) is 12.2. The topological polar surface area (TPSA) is 20.2 Å². The maximum Gasteiger partial charge on any atom is 0.187 e. The number of unbranched alkanes of at least 4 members (excludes halogenated alkanes) is 3. The first-order chi connectivity index (χ1) is 7.63. The molecule has 0 aliphatic carbocycles. The first-order valence-electron chi connectivity index (χ1n) is 7.16. The quantitative estimate of drug-likeness (QED) is 0.452. The van der Waals surface area contributed by atoms with Crippen molar-refractivity contribution >= 4 is 0 Å². The lowest BCUT2D eigenvalue weighted by atomic mass is 10.1. The van der Waals surface area contributed by atoms with E-state index < -0.39 is 0 Å². The van der Waals surface area contributed by atoms with E-state index >= 15 is 0 Å². The highest BCUT2D eigenvalue weighted by Gasteiger charge is 2.30. The van der Waals surface area contributed by atoms with Crippen LogP contribution in [0.3, 0.4) is 0 Å². The van der Waals surface area contributed by atoms with Gasteiger partial charge in [0.05, 0.1) is 19.6 Å². The fourth-order valence-corrected chi connectivity index (χ4v) is 2.31. The second-order valence-corrected chi connectivity index (χ2v) is 5.08. The molecule has 106 valence electrons. The summed E-state index contributed by atoms with van der Waals surface area (Å²) in [5.41, 5.74) is 0. The Bertz CT molecular complexity index is 141. The largest absolute Gasteiger partial charge is 1.00 e. The van der Waals surface area contributed by atoms with Gasteiger partial charge in [0, 0.05) is 6.92 Å². The summed E-state index contributed by atoms with van der Waals surface area (Å²) in [6, 6.07) is 0. The molecule has 0 saturated carbocycles. The highest BCUT2D eigenvalue weighted by atomic mass is 35.5. The van der Waals surface area contributed by atoms with Crippen LogP contribution in [0.5, 0.6) is 0 Å². The minimum atomic E-state index is -0.204. The second-order valence-electron chi connectivity index (χ2n) is 5.08. The van der Waals surface area contributed by atoms with E-state index in [-0.39, 0.29) is 18.6 Å². The standard InChI is InChI=1S/C14H32NO.ClH/c1-5-8-11-15(14(4)16,12-9-6-2)13-10-7-3;/h14,16H,5-13H2,1-4H3;1H/q+1;/p-1. The van der Waals surface area contributed by atoms with Gasteiger partial charge in [-0.25, -0.2) is 0 Å². The van der Waals surface area contributed by atoms with Gasteiger partial charge in [-0.05, 0) is 19.3 Å². The predicted molar refractivity (Wildman–Crippen MR) is 71.3 cm³/mol. The van der Waals surface area contributed by atoms with E-state index in [1.165, 1.54) is 38.5 Å². The smallest absolute Gasteiger partial charge is 0.187 e. The molecule has 0 bridgehead atoms. The third-order valence-corrected chi connectivity index (χ3v) is 3.66. The minimum absolute atomic E-state index is 0. The lowest BCUT2D eigenvalue weighted by Crippen LogP contribution is -3.00. The summed E-state index contributed by atoms with van der Waals surface area (Å²) >= 11 is 0. The van der Waals surface area contributed by atoms with Crippen LogP contribution in [0.1, 0.15) is 66.2 Å². The summed E-state index contributed by atoms with van der Waals surface area (Å²) in [6.45, 7) is 12.1. The molecule has 0 rings (SSSR count). The van der Waals surface area contributed by atoms with E-state index in [9.17, 15) is 5.11 Å². The van der Waals surface area contributed by atoms with Crippen LogP contribution in [-0.4, -0.2) is 35.5 Å². The van der Waals surface area contributed by atoms with Gasteiger partial charge in [-0.1, -0.05) is 40.0 Å². The molecule has 17 heavy (non-hydrogen) atoms. The Balaban J connectivity index is 0. The Hall–Kier alpha value is 0.210. The third kappa shape index (κ3) is 7.28. The van der Waals surface area contributed by atoms with E-state index in [2.05, 4.69) is 20.8 Å². The number of rotatable bonds is 10. The molecule has 1 unspecified atom stereocenters. The van der Waals surface area contributed by atoms with Crippen LogP contribution in [-0.2, 0) is 0 Å². The van der Waals surface area contributed by atoms with Gasteiger partial charge in [0.1, 0.15) is 0 Å². The normalized spacial score (nSPS) is 13.2. The van der Waals surface area contributed by atoms with Crippen LogP contribution < -0.4 is 12.4 Å². The number of aliphatic hydroxyl groups is 1. The Labute approximate surface area is 114 Å². The van der Waals surface area contributed by atoms with Crippen LogP contribution in [0.2, 0.25) is 0 Å². The number of quaternary nitrogens is 1. The van der Waals surface area contributed by atoms with E-state index in [1.807, 2.05) is 6.92 Å². The van der Waals surface area contributed by atoms with Crippen LogP contribution >= 0.6 is 0 Å². The lowest BCUT2D eigenvalue weighted by Gasteiger charge is -2.41. The van der Waals surface area contributed by atoms with Crippen LogP contribution in [0.25, 0.3) is 0 Å². The molecule has 0 saturated heterocycles. The van der Waals surface area contributed by atoms with E-state index in [1.54, 1.807) is 0 Å². The molecule has 1 N–H and O–H groups in total. The minimum Gasteiger partial charge on any atom is -1.00 e. The molecule has 0 aliphatic heterocycles. The van der Waals surface area contributed by atoms with Gasteiger partial charge in [-0.2, -0.15) is 0 Å². The van der Waals surface area contributed by atoms with Gasteiger partial charge in [0.2, 0.25) is 0 Å². The lowest BCUT2D eigenvalue weighted by molar-refractivity contribution is -0.969. The third-order valence-electron chi connectivity index (χ3n) is 3.66. The Morgan fingerprint density at radius 3 is 1.29 bits per heavy atom. The zero-order valence-corrected chi connectivity index (χ0v) is 13.0. The molecular formula is C14H32ClNO. The van der Waals surface area contributed by atoms with Crippen molar-refractivity contribution in [3.05, 3.63) is 0 Å². The van der Waals surface area contributed by atoms with Gasteiger partial charge < -0.3 is 17.5 Å². The van der Waals surface area contributed by atoms with E-state index in [0.717, 1.165) is 24.1 Å². The van der Waals surface area contributed by atoms with Crippen molar-refractivity contribution in [2.75, 3.05) is 19.6 Å². The number of halogens is 1.